The number of hydrogen-bond donors (Lipinski definition) is 1. The second-order valence-electron chi connectivity index (χ2n) is 1.49. The molecule has 0 aliphatic carbocycles. The normalized spacial score (nSPS) is 9.12. The highest BCUT2D eigenvalue weighted by Gasteiger charge is 1.77. The maximum atomic E-state index is 4.86. The predicted octanol–water partition coefficient (Wildman–Crippen LogP) is 1.10. The van der Waals surface area contributed by atoms with Crippen LogP contribution in [-0.4, -0.2) is 13.2 Å². The van der Waals surface area contributed by atoms with E-state index < -0.39 is 0 Å². The second-order valence-corrected chi connectivity index (χ2v) is 1.49. The van der Waals surface area contributed by atoms with Crippen molar-refractivity contribution in [2.45, 2.75) is 13.3 Å². The lowest BCUT2D eigenvalue weighted by Gasteiger charge is -1.98. The van der Waals surface area contributed by atoms with E-state index in [4.69, 9.17) is 4.84 Å². The lowest BCUT2D eigenvalue weighted by Crippen LogP contribution is -2.14. The molecular weight excluding hydrogens is 102 g/mol. The molecule has 8 heavy (non-hydrogen) atoms. The molecule has 0 spiro atoms. The molecule has 0 radical (unpaired) electrons. The van der Waals surface area contributed by atoms with Crippen LogP contribution in [0.4, 0.5) is 0 Å². The van der Waals surface area contributed by atoms with Crippen LogP contribution in [0.25, 0.3) is 0 Å². The monoisotopic (exact) mass is 115 g/mol. The summed E-state index contributed by atoms with van der Waals surface area (Å²) in [5.41, 5.74) is 2.76. The van der Waals surface area contributed by atoms with Crippen LogP contribution in [0.5, 0.6) is 0 Å². The Morgan fingerprint density at radius 2 is 2.50 bits per heavy atom. The SMILES string of the molecule is C=CCONCCC. The highest BCUT2D eigenvalue weighted by Crippen LogP contribution is 1.71. The molecule has 0 fully saturated rings. The molecule has 0 saturated carbocycles. The van der Waals surface area contributed by atoms with Crippen LogP contribution < -0.4 is 5.48 Å². The topological polar surface area (TPSA) is 21.3 Å². The summed E-state index contributed by atoms with van der Waals surface area (Å²) in [5, 5.41) is 0. The Morgan fingerprint density at radius 1 is 1.75 bits per heavy atom. The Kier molecular flexibility index (Phi) is 6.38. The van der Waals surface area contributed by atoms with Crippen LogP contribution in [0.3, 0.4) is 0 Å². The van der Waals surface area contributed by atoms with Crippen molar-refractivity contribution in [3.8, 4) is 0 Å². The van der Waals surface area contributed by atoms with Crippen molar-refractivity contribution in [3.63, 3.8) is 0 Å². The standard InChI is InChI=1S/C6H13NO/c1-3-5-7-8-6-4-2/h4,7H,2-3,5-6H2,1H3. The molecule has 0 aliphatic rings. The van der Waals surface area contributed by atoms with Crippen LogP contribution >= 0.6 is 0 Å². The van der Waals surface area contributed by atoms with Crippen molar-refractivity contribution in [1.82, 2.24) is 5.48 Å². The molecule has 2 heteroatoms. The van der Waals surface area contributed by atoms with Gasteiger partial charge in [-0.15, -0.1) is 6.58 Å². The highest BCUT2D eigenvalue weighted by molar-refractivity contribution is 4.62. The molecule has 0 aromatic heterocycles. The molecule has 0 unspecified atom stereocenters. The first-order valence-electron chi connectivity index (χ1n) is 2.87. The van der Waals surface area contributed by atoms with Gasteiger partial charge in [0.25, 0.3) is 0 Å². The fourth-order valence-corrected chi connectivity index (χ4v) is 0.292. The zero-order chi connectivity index (χ0) is 6.24. The zero-order valence-corrected chi connectivity index (χ0v) is 5.31. The number of nitrogens with one attached hydrogen (secondary N) is 1. The van der Waals surface area contributed by atoms with Gasteiger partial charge in [0.15, 0.2) is 0 Å². The van der Waals surface area contributed by atoms with Crippen LogP contribution in [0.2, 0.25) is 0 Å². The molecule has 2 nitrogen and oxygen atoms in total. The van der Waals surface area contributed by atoms with Crippen LogP contribution in [0.1, 0.15) is 13.3 Å². The average Bonchev–Trinajstić information content (AvgIpc) is 1.81. The summed E-state index contributed by atoms with van der Waals surface area (Å²) in [5.74, 6) is 0. The first-order valence-corrected chi connectivity index (χ1v) is 2.87. The first kappa shape index (κ1) is 7.66. The van der Waals surface area contributed by atoms with E-state index in [0.717, 1.165) is 13.0 Å². The van der Waals surface area contributed by atoms with E-state index in [1.807, 2.05) is 0 Å². The van der Waals surface area contributed by atoms with Gasteiger partial charge in [0.05, 0.1) is 6.61 Å². The summed E-state index contributed by atoms with van der Waals surface area (Å²) >= 11 is 0. The molecule has 0 heterocycles. The van der Waals surface area contributed by atoms with Gasteiger partial charge in [-0.2, -0.15) is 0 Å². The summed E-state index contributed by atoms with van der Waals surface area (Å²) < 4.78 is 0. The summed E-state index contributed by atoms with van der Waals surface area (Å²) in [6, 6.07) is 0. The van der Waals surface area contributed by atoms with Crippen LogP contribution in [0.15, 0.2) is 12.7 Å². The van der Waals surface area contributed by atoms with E-state index in [1.165, 1.54) is 0 Å². The van der Waals surface area contributed by atoms with E-state index in [9.17, 15) is 0 Å². The third-order valence-corrected chi connectivity index (χ3v) is 0.655. The van der Waals surface area contributed by atoms with Crippen molar-refractivity contribution in [2.24, 2.45) is 0 Å². The Bertz CT molecular complexity index is 54.5. The molecule has 0 bridgehead atoms. The fourth-order valence-electron chi connectivity index (χ4n) is 0.292. The molecule has 0 rings (SSSR count). The van der Waals surface area contributed by atoms with Crippen LogP contribution in [0, 0.1) is 0 Å². The third kappa shape index (κ3) is 5.66. The summed E-state index contributed by atoms with van der Waals surface area (Å²) in [6.07, 6.45) is 2.81. The molecule has 48 valence electrons. The van der Waals surface area contributed by atoms with E-state index >= 15 is 0 Å². The molecule has 0 saturated heterocycles. The maximum Gasteiger partial charge on any atom is 0.0861 e. The highest BCUT2D eigenvalue weighted by atomic mass is 16.6. The van der Waals surface area contributed by atoms with E-state index in [-0.39, 0.29) is 0 Å². The second kappa shape index (κ2) is 6.66. The van der Waals surface area contributed by atoms with Gasteiger partial charge in [0.1, 0.15) is 0 Å². The Morgan fingerprint density at radius 3 is 3.00 bits per heavy atom. The van der Waals surface area contributed by atoms with Gasteiger partial charge in [-0.1, -0.05) is 13.0 Å². The quantitative estimate of drug-likeness (QED) is 0.329. The lowest BCUT2D eigenvalue weighted by molar-refractivity contribution is 0.0629. The summed E-state index contributed by atoms with van der Waals surface area (Å²) in [7, 11) is 0. The summed E-state index contributed by atoms with van der Waals surface area (Å²) in [6.45, 7) is 7.07. The average molecular weight is 115 g/mol. The molecule has 1 N–H and O–H groups in total. The van der Waals surface area contributed by atoms with Crippen molar-refractivity contribution < 1.29 is 4.84 Å². The predicted molar refractivity (Wildman–Crippen MR) is 34.4 cm³/mol. The van der Waals surface area contributed by atoms with E-state index in [2.05, 4.69) is 19.0 Å². The Hall–Kier alpha value is -0.340. The van der Waals surface area contributed by atoms with Gasteiger partial charge in [-0.05, 0) is 6.42 Å². The van der Waals surface area contributed by atoms with Crippen molar-refractivity contribution in [3.05, 3.63) is 12.7 Å². The number of rotatable bonds is 5. The fraction of sp³-hybridized carbons (Fsp3) is 0.667. The lowest BCUT2D eigenvalue weighted by atomic mass is 10.5. The smallest absolute Gasteiger partial charge is 0.0861 e. The number of hydroxylamine groups is 1. The van der Waals surface area contributed by atoms with E-state index in [0.29, 0.717) is 6.61 Å². The molecule has 0 aromatic rings. The van der Waals surface area contributed by atoms with Crippen molar-refractivity contribution >= 4 is 0 Å². The minimum absolute atomic E-state index is 0.583. The van der Waals surface area contributed by atoms with E-state index in [1.54, 1.807) is 6.08 Å². The van der Waals surface area contributed by atoms with Gasteiger partial charge < -0.3 is 0 Å². The number of hydrogen-bond acceptors (Lipinski definition) is 2. The molecular formula is C6H13NO. The minimum Gasteiger partial charge on any atom is -0.298 e. The van der Waals surface area contributed by atoms with Gasteiger partial charge in [0.2, 0.25) is 0 Å². The Balaban J connectivity index is 2.62. The van der Waals surface area contributed by atoms with Gasteiger partial charge >= 0.3 is 0 Å². The first-order chi connectivity index (χ1) is 3.91. The van der Waals surface area contributed by atoms with Gasteiger partial charge in [-0.3, -0.25) is 4.84 Å². The van der Waals surface area contributed by atoms with Gasteiger partial charge in [-0.25, -0.2) is 5.48 Å². The third-order valence-electron chi connectivity index (χ3n) is 0.655. The van der Waals surface area contributed by atoms with Crippen molar-refractivity contribution in [2.75, 3.05) is 13.2 Å². The zero-order valence-electron chi connectivity index (χ0n) is 5.31. The van der Waals surface area contributed by atoms with Crippen LogP contribution in [-0.2, 0) is 4.84 Å². The largest absolute Gasteiger partial charge is 0.298 e. The minimum atomic E-state index is 0.583. The van der Waals surface area contributed by atoms with Gasteiger partial charge in [0, 0.05) is 6.54 Å². The maximum absolute atomic E-state index is 4.86. The molecule has 0 aromatic carbocycles. The van der Waals surface area contributed by atoms with Crippen molar-refractivity contribution in [1.29, 1.82) is 0 Å². The molecule has 0 atom stereocenters. The Labute approximate surface area is 50.5 Å². The molecule has 0 aliphatic heterocycles. The molecule has 0 amide bonds. The summed E-state index contributed by atoms with van der Waals surface area (Å²) in [4.78, 5) is 4.86.